The number of hydrogen-bond donors (Lipinski definition) is 2. The number of nitrogen functional groups attached to an aromatic ring is 1. The number of thiazole rings is 1. The number of nitrogens with two attached hydrogens (primary N) is 1. The van der Waals surface area contributed by atoms with Crippen LogP contribution in [0, 0.1) is 0 Å². The highest BCUT2D eigenvalue weighted by Crippen LogP contribution is 2.10. The van der Waals surface area contributed by atoms with E-state index < -0.39 is 0 Å². The third kappa shape index (κ3) is 3.57. The molecule has 2 aromatic rings. The van der Waals surface area contributed by atoms with E-state index in [2.05, 4.69) is 10.3 Å². The molecule has 5 heteroatoms. The van der Waals surface area contributed by atoms with Crippen molar-refractivity contribution in [1.82, 2.24) is 10.3 Å². The van der Waals surface area contributed by atoms with E-state index in [1.807, 2.05) is 35.7 Å². The molecule has 0 bridgehead atoms. The second kappa shape index (κ2) is 5.45. The predicted molar refractivity (Wildman–Crippen MR) is 68.5 cm³/mol. The third-order valence-corrected chi connectivity index (χ3v) is 2.97. The van der Waals surface area contributed by atoms with E-state index in [9.17, 15) is 4.79 Å². The van der Waals surface area contributed by atoms with Gasteiger partial charge in [0.05, 0.1) is 18.7 Å². The fourth-order valence-electron chi connectivity index (χ4n) is 1.44. The summed E-state index contributed by atoms with van der Waals surface area (Å²) in [5.74, 6) is -0.0113. The van der Waals surface area contributed by atoms with Gasteiger partial charge in [0.25, 0.3) is 0 Å². The number of aromatic nitrogens is 1. The molecule has 0 fully saturated rings. The van der Waals surface area contributed by atoms with Crippen molar-refractivity contribution >= 4 is 22.4 Å². The standard InChI is InChI=1S/C12H13N3OS/c13-12-15-10(8-17-12)7-14-11(16)6-9-4-2-1-3-5-9/h1-5,8H,6-7H2,(H2,13,15)(H,14,16). The minimum absolute atomic E-state index is 0.0113. The molecule has 0 unspecified atom stereocenters. The summed E-state index contributed by atoms with van der Waals surface area (Å²) < 4.78 is 0. The Morgan fingerprint density at radius 1 is 1.35 bits per heavy atom. The van der Waals surface area contributed by atoms with Crippen molar-refractivity contribution in [2.75, 3.05) is 5.73 Å². The molecule has 2 rings (SSSR count). The maximum atomic E-state index is 11.6. The van der Waals surface area contributed by atoms with Crippen LogP contribution in [0.4, 0.5) is 5.13 Å². The zero-order chi connectivity index (χ0) is 12.1. The first-order valence-corrected chi connectivity index (χ1v) is 6.12. The van der Waals surface area contributed by atoms with Gasteiger partial charge in [-0.1, -0.05) is 30.3 Å². The zero-order valence-corrected chi connectivity index (χ0v) is 10.0. The van der Waals surface area contributed by atoms with E-state index in [1.165, 1.54) is 11.3 Å². The lowest BCUT2D eigenvalue weighted by Crippen LogP contribution is -2.24. The summed E-state index contributed by atoms with van der Waals surface area (Å²) in [4.78, 5) is 15.7. The molecule has 0 saturated carbocycles. The normalized spacial score (nSPS) is 10.1. The number of carbonyl (C=O) groups excluding carboxylic acids is 1. The maximum Gasteiger partial charge on any atom is 0.224 e. The van der Waals surface area contributed by atoms with Crippen LogP contribution in [0.25, 0.3) is 0 Å². The average Bonchev–Trinajstić information content (AvgIpc) is 2.74. The first-order valence-electron chi connectivity index (χ1n) is 5.24. The average molecular weight is 247 g/mol. The minimum atomic E-state index is -0.0113. The molecular weight excluding hydrogens is 234 g/mol. The molecule has 4 nitrogen and oxygen atoms in total. The van der Waals surface area contributed by atoms with Gasteiger partial charge in [0.2, 0.25) is 5.91 Å². The van der Waals surface area contributed by atoms with E-state index >= 15 is 0 Å². The van der Waals surface area contributed by atoms with Crippen molar-refractivity contribution in [2.24, 2.45) is 0 Å². The Bertz CT molecular complexity index is 495. The van der Waals surface area contributed by atoms with E-state index in [-0.39, 0.29) is 5.91 Å². The summed E-state index contributed by atoms with van der Waals surface area (Å²) in [6.45, 7) is 0.430. The number of nitrogens with one attached hydrogen (secondary N) is 1. The molecule has 0 aliphatic carbocycles. The molecule has 0 aliphatic heterocycles. The lowest BCUT2D eigenvalue weighted by Gasteiger charge is -2.03. The molecule has 1 aromatic carbocycles. The first kappa shape index (κ1) is 11.6. The van der Waals surface area contributed by atoms with Gasteiger partial charge in [0.1, 0.15) is 0 Å². The molecule has 1 amide bonds. The van der Waals surface area contributed by atoms with Crippen LogP contribution < -0.4 is 11.1 Å². The summed E-state index contributed by atoms with van der Waals surface area (Å²) in [6, 6.07) is 9.63. The lowest BCUT2D eigenvalue weighted by atomic mass is 10.1. The van der Waals surface area contributed by atoms with Crippen LogP contribution in [0.1, 0.15) is 11.3 Å². The molecule has 0 spiro atoms. The van der Waals surface area contributed by atoms with E-state index in [4.69, 9.17) is 5.73 Å². The highest BCUT2D eigenvalue weighted by atomic mass is 32.1. The molecule has 0 aliphatic rings. The summed E-state index contributed by atoms with van der Waals surface area (Å²) in [7, 11) is 0. The summed E-state index contributed by atoms with van der Waals surface area (Å²) in [6.07, 6.45) is 0.389. The van der Waals surface area contributed by atoms with Gasteiger partial charge in [-0.15, -0.1) is 11.3 Å². The number of carbonyl (C=O) groups is 1. The number of rotatable bonds is 4. The number of hydrogen-bond acceptors (Lipinski definition) is 4. The quantitative estimate of drug-likeness (QED) is 0.862. The fraction of sp³-hybridized carbons (Fsp3) is 0.167. The Labute approximate surface area is 103 Å². The van der Waals surface area contributed by atoms with Crippen molar-refractivity contribution in [2.45, 2.75) is 13.0 Å². The third-order valence-electron chi connectivity index (χ3n) is 2.24. The van der Waals surface area contributed by atoms with Gasteiger partial charge >= 0.3 is 0 Å². The number of nitrogens with zero attached hydrogens (tertiary/aromatic N) is 1. The number of benzene rings is 1. The SMILES string of the molecule is Nc1nc(CNC(=O)Cc2ccccc2)cs1. The van der Waals surface area contributed by atoms with E-state index in [1.54, 1.807) is 0 Å². The van der Waals surface area contributed by atoms with E-state index in [0.717, 1.165) is 11.3 Å². The molecule has 0 atom stereocenters. The van der Waals surface area contributed by atoms with Gasteiger partial charge in [0.15, 0.2) is 5.13 Å². The Morgan fingerprint density at radius 2 is 2.12 bits per heavy atom. The largest absolute Gasteiger partial charge is 0.375 e. The Kier molecular flexibility index (Phi) is 3.72. The van der Waals surface area contributed by atoms with Crippen LogP contribution in [0.5, 0.6) is 0 Å². The van der Waals surface area contributed by atoms with Crippen LogP contribution in [-0.2, 0) is 17.8 Å². The van der Waals surface area contributed by atoms with Gasteiger partial charge in [-0.3, -0.25) is 4.79 Å². The highest BCUT2D eigenvalue weighted by Gasteiger charge is 2.04. The highest BCUT2D eigenvalue weighted by molar-refractivity contribution is 7.13. The smallest absolute Gasteiger partial charge is 0.224 e. The second-order valence-corrected chi connectivity index (χ2v) is 4.51. The number of amides is 1. The van der Waals surface area contributed by atoms with Crippen LogP contribution in [0.3, 0.4) is 0 Å². The van der Waals surface area contributed by atoms with Crippen LogP contribution in [0.2, 0.25) is 0 Å². The number of anilines is 1. The summed E-state index contributed by atoms with van der Waals surface area (Å²) >= 11 is 1.38. The minimum Gasteiger partial charge on any atom is -0.375 e. The Hall–Kier alpha value is -1.88. The van der Waals surface area contributed by atoms with Gasteiger partial charge in [-0.05, 0) is 5.56 Å². The molecule has 0 saturated heterocycles. The Balaban J connectivity index is 1.82. The molecule has 17 heavy (non-hydrogen) atoms. The van der Waals surface area contributed by atoms with Crippen LogP contribution in [-0.4, -0.2) is 10.9 Å². The maximum absolute atomic E-state index is 11.6. The summed E-state index contributed by atoms with van der Waals surface area (Å²) in [5, 5.41) is 5.18. The zero-order valence-electron chi connectivity index (χ0n) is 9.22. The van der Waals surface area contributed by atoms with Crippen molar-refractivity contribution in [3.63, 3.8) is 0 Å². The second-order valence-electron chi connectivity index (χ2n) is 3.62. The topological polar surface area (TPSA) is 68.0 Å². The van der Waals surface area contributed by atoms with Crippen molar-refractivity contribution < 1.29 is 4.79 Å². The van der Waals surface area contributed by atoms with Gasteiger partial charge < -0.3 is 11.1 Å². The lowest BCUT2D eigenvalue weighted by molar-refractivity contribution is -0.120. The van der Waals surface area contributed by atoms with Crippen molar-refractivity contribution in [1.29, 1.82) is 0 Å². The molecule has 3 N–H and O–H groups in total. The fourth-order valence-corrected chi connectivity index (χ4v) is 2.00. The Morgan fingerprint density at radius 3 is 2.76 bits per heavy atom. The van der Waals surface area contributed by atoms with Gasteiger partial charge in [-0.25, -0.2) is 4.98 Å². The van der Waals surface area contributed by atoms with Gasteiger partial charge in [-0.2, -0.15) is 0 Å². The van der Waals surface area contributed by atoms with Crippen LogP contribution in [0.15, 0.2) is 35.7 Å². The predicted octanol–water partition coefficient (Wildman–Crippen LogP) is 1.58. The van der Waals surface area contributed by atoms with E-state index in [0.29, 0.717) is 18.1 Å². The molecule has 1 heterocycles. The van der Waals surface area contributed by atoms with Gasteiger partial charge in [0, 0.05) is 5.38 Å². The van der Waals surface area contributed by atoms with Crippen molar-refractivity contribution in [3.05, 3.63) is 47.0 Å². The van der Waals surface area contributed by atoms with Crippen LogP contribution >= 0.6 is 11.3 Å². The summed E-state index contributed by atoms with van der Waals surface area (Å²) in [5.41, 5.74) is 7.31. The first-order chi connectivity index (χ1) is 8.24. The molecule has 1 aromatic heterocycles. The molecular formula is C12H13N3OS. The molecule has 0 radical (unpaired) electrons. The molecule has 88 valence electrons. The monoisotopic (exact) mass is 247 g/mol. The van der Waals surface area contributed by atoms with Crippen molar-refractivity contribution in [3.8, 4) is 0 Å².